The van der Waals surface area contributed by atoms with E-state index in [1.807, 2.05) is 24.8 Å². The van der Waals surface area contributed by atoms with Crippen molar-refractivity contribution >= 4 is 41.3 Å². The summed E-state index contributed by atoms with van der Waals surface area (Å²) in [5.41, 5.74) is 0.694. The Hall–Kier alpha value is -2.71. The predicted molar refractivity (Wildman–Crippen MR) is 108 cm³/mol. The number of anilines is 1. The second kappa shape index (κ2) is 8.99. The van der Waals surface area contributed by atoms with Gasteiger partial charge in [0.2, 0.25) is 5.89 Å². The van der Waals surface area contributed by atoms with Crippen LogP contribution in [0.4, 0.5) is 5.88 Å². The van der Waals surface area contributed by atoms with Gasteiger partial charge in [0.05, 0.1) is 0 Å². The number of thioether (sulfide) groups is 1. The van der Waals surface area contributed by atoms with Crippen LogP contribution in [0.1, 0.15) is 19.6 Å². The van der Waals surface area contributed by atoms with Gasteiger partial charge in [0.15, 0.2) is 5.88 Å². The Kier molecular flexibility index (Phi) is 6.43. The second-order valence-corrected chi connectivity index (χ2v) is 7.07. The summed E-state index contributed by atoms with van der Waals surface area (Å²) < 4.78 is 11.3. The molecule has 146 valence electrons. The molecule has 3 rings (SSSR count). The minimum atomic E-state index is -1.11. The molecule has 7 nitrogen and oxygen atoms in total. The molecule has 0 aliphatic heterocycles. The zero-order chi connectivity index (χ0) is 20.1. The van der Waals surface area contributed by atoms with Crippen LogP contribution >= 0.6 is 23.4 Å². The highest BCUT2D eigenvalue weighted by atomic mass is 35.5. The number of aliphatic carboxylic acids is 1. The molecule has 0 unspecified atom stereocenters. The maximum Gasteiger partial charge on any atom is 0.342 e. The molecule has 0 saturated heterocycles. The van der Waals surface area contributed by atoms with Gasteiger partial charge in [-0.15, -0.1) is 10.2 Å². The van der Waals surface area contributed by atoms with Crippen molar-refractivity contribution in [2.45, 2.75) is 19.1 Å². The lowest BCUT2D eigenvalue weighted by Gasteiger charge is -2.16. The number of carboxylic acids is 1. The third kappa shape index (κ3) is 4.76. The van der Waals surface area contributed by atoms with E-state index in [4.69, 9.17) is 20.4 Å². The molecule has 3 aromatic rings. The first-order valence-corrected chi connectivity index (χ1v) is 9.76. The molecule has 28 heavy (non-hydrogen) atoms. The van der Waals surface area contributed by atoms with Crippen LogP contribution < -0.4 is 4.90 Å². The topological polar surface area (TPSA) is 92.6 Å². The number of benzene rings is 1. The monoisotopic (exact) mass is 419 g/mol. The van der Waals surface area contributed by atoms with Gasteiger partial charge in [-0.25, -0.2) is 4.79 Å². The van der Waals surface area contributed by atoms with Gasteiger partial charge in [-0.3, -0.25) is 0 Å². The Balaban J connectivity index is 1.79. The Morgan fingerprint density at radius 3 is 2.50 bits per heavy atom. The van der Waals surface area contributed by atoms with Crippen molar-refractivity contribution in [3.8, 4) is 11.5 Å². The second-order valence-electron chi connectivity index (χ2n) is 5.64. The first-order valence-electron chi connectivity index (χ1n) is 8.57. The van der Waals surface area contributed by atoms with Gasteiger partial charge >= 0.3 is 5.97 Å². The lowest BCUT2D eigenvalue weighted by atomic mass is 10.2. The third-order valence-corrected chi connectivity index (χ3v) is 4.97. The lowest BCUT2D eigenvalue weighted by molar-refractivity contribution is -0.131. The van der Waals surface area contributed by atoms with Crippen LogP contribution in [0, 0.1) is 0 Å². The van der Waals surface area contributed by atoms with Crippen molar-refractivity contribution in [3.05, 3.63) is 52.1 Å². The molecular weight excluding hydrogens is 402 g/mol. The highest BCUT2D eigenvalue weighted by molar-refractivity contribution is 8.03. The molecule has 0 saturated carbocycles. The fraction of sp³-hybridized carbons (Fsp3) is 0.211. The quantitative estimate of drug-likeness (QED) is 0.400. The number of halogens is 1. The van der Waals surface area contributed by atoms with Crippen LogP contribution in [0.15, 0.2) is 55.4 Å². The molecule has 1 aromatic carbocycles. The highest BCUT2D eigenvalue weighted by Gasteiger charge is 2.17. The zero-order valence-corrected chi connectivity index (χ0v) is 16.8. The van der Waals surface area contributed by atoms with Gasteiger partial charge in [0, 0.05) is 35.8 Å². The molecule has 0 spiro atoms. The van der Waals surface area contributed by atoms with Crippen molar-refractivity contribution < 1.29 is 18.7 Å². The molecular formula is C19H18ClN3O4S. The zero-order valence-electron chi connectivity index (χ0n) is 15.3. The first kappa shape index (κ1) is 20.0. The van der Waals surface area contributed by atoms with E-state index in [-0.39, 0.29) is 16.0 Å². The van der Waals surface area contributed by atoms with Crippen LogP contribution in [0.5, 0.6) is 0 Å². The van der Waals surface area contributed by atoms with E-state index >= 15 is 0 Å². The van der Waals surface area contributed by atoms with E-state index in [1.54, 1.807) is 30.3 Å². The van der Waals surface area contributed by atoms with Crippen LogP contribution in [-0.2, 0) is 4.79 Å². The minimum absolute atomic E-state index is 0.00625. The molecule has 0 fully saturated rings. The fourth-order valence-electron chi connectivity index (χ4n) is 2.44. The number of hydrogen-bond acceptors (Lipinski definition) is 7. The summed E-state index contributed by atoms with van der Waals surface area (Å²) in [7, 11) is 0. The van der Waals surface area contributed by atoms with Gasteiger partial charge in [-0.1, -0.05) is 11.6 Å². The average Bonchev–Trinajstić information content (AvgIpc) is 3.33. The molecule has 0 amide bonds. The van der Waals surface area contributed by atoms with Crippen molar-refractivity contribution in [2.75, 3.05) is 18.0 Å². The number of carboxylic acid groups (broad SMARTS) is 1. The molecule has 2 aromatic heterocycles. The molecule has 0 aliphatic carbocycles. The maximum atomic E-state index is 11.6. The standard InChI is InChI=1S/C19H18ClN3O4S/c1-3-23(4-2)16-10-9-14(26-16)11-15(18(24)25)28-19-22-21-17(27-19)12-5-7-13(20)8-6-12/h5-11H,3-4H2,1-2H3,(H,24,25)/b15-11-. The lowest BCUT2D eigenvalue weighted by Crippen LogP contribution is -2.20. The van der Waals surface area contributed by atoms with Gasteiger partial charge in [0.25, 0.3) is 5.22 Å². The van der Waals surface area contributed by atoms with E-state index in [1.165, 1.54) is 6.08 Å². The molecule has 1 N–H and O–H groups in total. The van der Waals surface area contributed by atoms with E-state index in [2.05, 4.69) is 10.2 Å². The van der Waals surface area contributed by atoms with Crippen LogP contribution in [0.3, 0.4) is 0 Å². The van der Waals surface area contributed by atoms with Crippen molar-refractivity contribution in [1.82, 2.24) is 10.2 Å². The molecule has 9 heteroatoms. The maximum absolute atomic E-state index is 11.6. The smallest absolute Gasteiger partial charge is 0.342 e. The summed E-state index contributed by atoms with van der Waals surface area (Å²) >= 11 is 6.73. The predicted octanol–water partition coefficient (Wildman–Crippen LogP) is 5.05. The van der Waals surface area contributed by atoms with Gasteiger partial charge in [-0.05, 0) is 55.9 Å². The summed E-state index contributed by atoms with van der Waals surface area (Å²) in [5, 5.41) is 18.1. The number of nitrogens with zero attached hydrogens (tertiary/aromatic N) is 3. The van der Waals surface area contributed by atoms with Crippen LogP contribution in [-0.4, -0.2) is 34.4 Å². The number of furan rings is 1. The Labute approximate surface area is 171 Å². The van der Waals surface area contributed by atoms with Gasteiger partial charge < -0.3 is 18.8 Å². The number of hydrogen-bond donors (Lipinski definition) is 1. The van der Waals surface area contributed by atoms with E-state index < -0.39 is 5.97 Å². The highest BCUT2D eigenvalue weighted by Crippen LogP contribution is 2.31. The largest absolute Gasteiger partial charge is 0.477 e. The summed E-state index contributed by atoms with van der Waals surface area (Å²) in [6.07, 6.45) is 1.44. The molecule has 0 bridgehead atoms. The van der Waals surface area contributed by atoms with Crippen molar-refractivity contribution in [1.29, 1.82) is 0 Å². The first-order chi connectivity index (χ1) is 13.5. The number of aromatic nitrogens is 2. The normalized spacial score (nSPS) is 11.6. The minimum Gasteiger partial charge on any atom is -0.477 e. The average molecular weight is 420 g/mol. The van der Waals surface area contributed by atoms with E-state index in [0.717, 1.165) is 24.9 Å². The molecule has 0 radical (unpaired) electrons. The molecule has 0 atom stereocenters. The summed E-state index contributed by atoms with van der Waals surface area (Å²) in [4.78, 5) is 13.7. The summed E-state index contributed by atoms with van der Waals surface area (Å²) in [5.74, 6) is 0.292. The Bertz CT molecular complexity index is 977. The Morgan fingerprint density at radius 1 is 1.14 bits per heavy atom. The van der Waals surface area contributed by atoms with Gasteiger partial charge in [-0.2, -0.15) is 0 Å². The van der Waals surface area contributed by atoms with E-state index in [9.17, 15) is 9.90 Å². The van der Waals surface area contributed by atoms with Crippen molar-refractivity contribution in [2.24, 2.45) is 0 Å². The number of carbonyl (C=O) groups is 1. The van der Waals surface area contributed by atoms with Crippen LogP contribution in [0.2, 0.25) is 5.02 Å². The molecule has 2 heterocycles. The SMILES string of the molecule is CCN(CC)c1ccc(/C=C(\Sc2nnc(-c3ccc(Cl)cc3)o2)C(=O)O)o1. The van der Waals surface area contributed by atoms with Crippen LogP contribution in [0.25, 0.3) is 17.5 Å². The third-order valence-electron chi connectivity index (χ3n) is 3.87. The molecule has 0 aliphatic rings. The number of rotatable bonds is 8. The summed E-state index contributed by atoms with van der Waals surface area (Å²) in [6.45, 7) is 5.63. The van der Waals surface area contributed by atoms with E-state index in [0.29, 0.717) is 22.2 Å². The van der Waals surface area contributed by atoms with Gasteiger partial charge in [0.1, 0.15) is 10.7 Å². The fourth-order valence-corrected chi connectivity index (χ4v) is 3.22. The Morgan fingerprint density at radius 2 is 1.86 bits per heavy atom. The summed E-state index contributed by atoms with van der Waals surface area (Å²) in [6, 6.07) is 10.5. The van der Waals surface area contributed by atoms with Crippen molar-refractivity contribution in [3.63, 3.8) is 0 Å².